The average Bonchev–Trinajstić information content (AvgIpc) is 3.55. The van der Waals surface area contributed by atoms with Gasteiger partial charge in [-0.2, -0.15) is 0 Å². The van der Waals surface area contributed by atoms with Gasteiger partial charge in [0.2, 0.25) is 5.91 Å². The second-order valence-electron chi connectivity index (χ2n) is 11.0. The Kier molecular flexibility index (Phi) is 5.89. The maximum Gasteiger partial charge on any atom is 0.416 e. The number of ether oxygens (including phenoxy) is 2. The Morgan fingerprint density at radius 2 is 1.97 bits per heavy atom. The zero-order valence-corrected chi connectivity index (χ0v) is 20.9. The summed E-state index contributed by atoms with van der Waals surface area (Å²) in [4.78, 5) is 28.8. The van der Waals surface area contributed by atoms with Crippen molar-refractivity contribution in [3.8, 4) is 5.75 Å². The highest BCUT2D eigenvalue weighted by molar-refractivity contribution is 5.96. The summed E-state index contributed by atoms with van der Waals surface area (Å²) in [6, 6.07) is 11.3. The molecule has 2 aliphatic heterocycles. The fourth-order valence-electron chi connectivity index (χ4n) is 5.69. The number of nitrogens with zero attached hydrogens (tertiary/aromatic N) is 2. The van der Waals surface area contributed by atoms with Gasteiger partial charge in [-0.1, -0.05) is 32.0 Å². The van der Waals surface area contributed by atoms with Crippen LogP contribution in [-0.4, -0.2) is 42.2 Å². The summed E-state index contributed by atoms with van der Waals surface area (Å²) in [6.07, 6.45) is 4.66. The highest BCUT2D eigenvalue weighted by atomic mass is 19.1. The van der Waals surface area contributed by atoms with Crippen molar-refractivity contribution < 1.29 is 23.5 Å². The highest BCUT2D eigenvalue weighted by Gasteiger charge is 2.51. The van der Waals surface area contributed by atoms with E-state index >= 15 is 0 Å². The molecule has 190 valence electrons. The van der Waals surface area contributed by atoms with E-state index in [1.54, 1.807) is 6.07 Å². The quantitative estimate of drug-likeness (QED) is 0.539. The molecule has 2 heterocycles. The van der Waals surface area contributed by atoms with Gasteiger partial charge in [0.25, 0.3) is 0 Å². The Balaban J connectivity index is 1.14. The van der Waals surface area contributed by atoms with Crippen LogP contribution in [0.25, 0.3) is 0 Å². The maximum atomic E-state index is 14.7. The zero-order chi connectivity index (χ0) is 25.0. The minimum Gasteiger partial charge on any atom is -0.490 e. The molecule has 0 radical (unpaired) electrons. The maximum absolute atomic E-state index is 14.7. The van der Waals surface area contributed by atoms with Gasteiger partial charge in [0, 0.05) is 25.1 Å². The predicted octanol–water partition coefficient (Wildman–Crippen LogP) is 5.43. The number of hydrogen-bond acceptors (Lipinski definition) is 5. The Morgan fingerprint density at radius 1 is 1.14 bits per heavy atom. The lowest BCUT2D eigenvalue weighted by atomic mass is 9.94. The Morgan fingerprint density at radius 3 is 2.72 bits per heavy atom. The lowest BCUT2D eigenvalue weighted by molar-refractivity contribution is -0.131. The van der Waals surface area contributed by atoms with Crippen molar-refractivity contribution in [2.75, 3.05) is 18.1 Å². The van der Waals surface area contributed by atoms with Gasteiger partial charge < -0.3 is 14.4 Å². The van der Waals surface area contributed by atoms with E-state index in [0.717, 1.165) is 43.5 Å². The molecule has 36 heavy (non-hydrogen) atoms. The molecular formula is C29H33FN2O4. The first kappa shape index (κ1) is 23.3. The monoisotopic (exact) mass is 492 g/mol. The fourth-order valence-corrected chi connectivity index (χ4v) is 5.69. The summed E-state index contributed by atoms with van der Waals surface area (Å²) in [5.74, 6) is 0.547. The van der Waals surface area contributed by atoms with Crippen molar-refractivity contribution in [3.05, 3.63) is 58.9 Å². The number of hydrogen-bond donors (Lipinski definition) is 0. The number of anilines is 1. The average molecular weight is 493 g/mol. The summed E-state index contributed by atoms with van der Waals surface area (Å²) in [5, 5.41) is 0. The van der Waals surface area contributed by atoms with Crippen molar-refractivity contribution in [2.45, 2.75) is 70.6 Å². The number of amides is 2. The van der Waals surface area contributed by atoms with Crippen LogP contribution in [0.15, 0.2) is 36.4 Å². The summed E-state index contributed by atoms with van der Waals surface area (Å²) in [6.45, 7) is 5.66. The van der Waals surface area contributed by atoms with Gasteiger partial charge in [-0.25, -0.2) is 14.1 Å². The van der Waals surface area contributed by atoms with Crippen LogP contribution in [0, 0.1) is 17.7 Å². The molecule has 0 aromatic heterocycles. The van der Waals surface area contributed by atoms with Crippen LogP contribution >= 0.6 is 0 Å². The van der Waals surface area contributed by atoms with Gasteiger partial charge >= 0.3 is 6.09 Å². The summed E-state index contributed by atoms with van der Waals surface area (Å²) in [5.41, 5.74) is 4.17. The molecule has 2 aliphatic carbocycles. The number of halogens is 1. The number of carbonyl (C=O) groups excluding carboxylic acids is 2. The standard InChI is InChI=1S/C29H33FN2O4/c1-17(2)27-16-35-29(34)32(27)28(33)24-14-23(24)19-6-7-20-15-31(11-10-18(20)12-19)26-13-22(8-9-25(26)30)36-21-4-3-5-21/h6-9,12-13,17,21,23-24,27H,3-5,10-11,14-16H2,1-2H3. The van der Waals surface area contributed by atoms with Gasteiger partial charge in [-0.3, -0.25) is 4.79 Å². The minimum absolute atomic E-state index is 0.107. The third kappa shape index (κ3) is 4.22. The number of rotatable bonds is 6. The number of benzene rings is 2. The SMILES string of the molecule is CC(C)C1COC(=O)N1C(=O)C1CC1c1ccc2c(c1)CCN(c1cc(OC3CCC3)ccc1F)C2. The van der Waals surface area contributed by atoms with Crippen molar-refractivity contribution in [3.63, 3.8) is 0 Å². The highest BCUT2D eigenvalue weighted by Crippen LogP contribution is 2.50. The first-order chi connectivity index (χ1) is 17.4. The largest absolute Gasteiger partial charge is 0.490 e. The molecule has 2 aromatic rings. The van der Waals surface area contributed by atoms with E-state index in [9.17, 15) is 14.0 Å². The van der Waals surface area contributed by atoms with Gasteiger partial charge in [0.1, 0.15) is 18.2 Å². The molecule has 6 rings (SSSR count). The smallest absolute Gasteiger partial charge is 0.416 e. The van der Waals surface area contributed by atoms with E-state index in [4.69, 9.17) is 9.47 Å². The molecule has 7 heteroatoms. The van der Waals surface area contributed by atoms with Gasteiger partial charge in [0.15, 0.2) is 0 Å². The van der Waals surface area contributed by atoms with E-state index < -0.39 is 6.09 Å². The number of carbonyl (C=O) groups is 2. The van der Waals surface area contributed by atoms with Crippen molar-refractivity contribution >= 4 is 17.7 Å². The van der Waals surface area contributed by atoms with Gasteiger partial charge in [0.05, 0.1) is 17.8 Å². The summed E-state index contributed by atoms with van der Waals surface area (Å²) in [7, 11) is 0. The van der Waals surface area contributed by atoms with Crippen LogP contribution < -0.4 is 9.64 Å². The third-order valence-corrected chi connectivity index (χ3v) is 8.30. The first-order valence-electron chi connectivity index (χ1n) is 13.2. The molecule has 3 atom stereocenters. The predicted molar refractivity (Wildman–Crippen MR) is 134 cm³/mol. The molecule has 3 fully saturated rings. The van der Waals surface area contributed by atoms with E-state index in [1.165, 1.54) is 28.5 Å². The van der Waals surface area contributed by atoms with Crippen LogP contribution in [0.5, 0.6) is 5.75 Å². The lowest BCUT2D eigenvalue weighted by Crippen LogP contribution is -2.42. The first-order valence-corrected chi connectivity index (χ1v) is 13.2. The number of fused-ring (bicyclic) bond motifs is 1. The van der Waals surface area contributed by atoms with Crippen molar-refractivity contribution in [2.24, 2.45) is 11.8 Å². The van der Waals surface area contributed by atoms with Gasteiger partial charge in [-0.15, -0.1) is 0 Å². The number of imide groups is 1. The minimum atomic E-state index is -0.510. The zero-order valence-electron chi connectivity index (χ0n) is 20.9. The van der Waals surface area contributed by atoms with Gasteiger partial charge in [-0.05, 0) is 72.8 Å². The van der Waals surface area contributed by atoms with Crippen LogP contribution in [-0.2, 0) is 22.5 Å². The molecule has 0 bridgehead atoms. The molecule has 0 spiro atoms. The molecule has 0 N–H and O–H groups in total. The van der Waals surface area contributed by atoms with Crippen LogP contribution in [0.3, 0.4) is 0 Å². The van der Waals surface area contributed by atoms with Crippen LogP contribution in [0.1, 0.15) is 62.1 Å². The van der Waals surface area contributed by atoms with Crippen LogP contribution in [0.4, 0.5) is 14.9 Å². The topological polar surface area (TPSA) is 59.1 Å². The van der Waals surface area contributed by atoms with Crippen LogP contribution in [0.2, 0.25) is 0 Å². The Labute approximate surface area is 211 Å². The summed E-state index contributed by atoms with van der Waals surface area (Å²) >= 11 is 0. The third-order valence-electron chi connectivity index (χ3n) is 8.30. The van der Waals surface area contributed by atoms with E-state index in [2.05, 4.69) is 23.1 Å². The second-order valence-corrected chi connectivity index (χ2v) is 11.0. The number of cyclic esters (lactones) is 1. The normalized spacial score (nSPS) is 25.4. The molecule has 1 saturated heterocycles. The molecule has 3 unspecified atom stereocenters. The van der Waals surface area contributed by atoms with E-state index in [0.29, 0.717) is 12.2 Å². The lowest BCUT2D eigenvalue weighted by Gasteiger charge is -2.32. The van der Waals surface area contributed by atoms with Crippen molar-refractivity contribution in [1.29, 1.82) is 0 Å². The van der Waals surface area contributed by atoms with E-state index in [1.807, 2.05) is 19.9 Å². The Hall–Kier alpha value is -3.09. The Bertz CT molecular complexity index is 1190. The molecule has 6 nitrogen and oxygen atoms in total. The molecule has 2 amide bonds. The molecule has 2 saturated carbocycles. The summed E-state index contributed by atoms with van der Waals surface area (Å²) < 4.78 is 25.9. The molecular weight excluding hydrogens is 459 g/mol. The van der Waals surface area contributed by atoms with Crippen molar-refractivity contribution in [1.82, 2.24) is 4.90 Å². The van der Waals surface area contributed by atoms with E-state index in [-0.39, 0.29) is 48.2 Å². The molecule has 2 aromatic carbocycles. The fraction of sp³-hybridized carbons (Fsp3) is 0.517. The molecule has 4 aliphatic rings. The second kappa shape index (κ2) is 9.09.